The van der Waals surface area contributed by atoms with E-state index >= 15 is 0 Å². The number of nitrogens with zero attached hydrogens (tertiary/aromatic N) is 2. The summed E-state index contributed by atoms with van der Waals surface area (Å²) < 4.78 is 14.8. The summed E-state index contributed by atoms with van der Waals surface area (Å²) in [6.45, 7) is 0.379. The minimum atomic E-state index is -0.427. The second kappa shape index (κ2) is 8.75. The molecule has 0 saturated heterocycles. The number of hydrogen-bond acceptors (Lipinski definition) is 3. The SMILES string of the molecule is O=C(CCC(=O)Nc1cccc(F)c1)NCc1ccc(-n2cccn2)cc1. The van der Waals surface area contributed by atoms with E-state index in [2.05, 4.69) is 15.7 Å². The lowest BCUT2D eigenvalue weighted by Crippen LogP contribution is -2.24. The smallest absolute Gasteiger partial charge is 0.224 e. The molecule has 0 fully saturated rings. The molecule has 3 rings (SSSR count). The van der Waals surface area contributed by atoms with Crippen molar-refractivity contribution in [3.05, 3.63) is 78.4 Å². The first-order chi connectivity index (χ1) is 13.1. The lowest BCUT2D eigenvalue weighted by molar-refractivity contribution is -0.124. The molecule has 0 aliphatic heterocycles. The van der Waals surface area contributed by atoms with Crippen molar-refractivity contribution in [1.82, 2.24) is 15.1 Å². The van der Waals surface area contributed by atoms with Crippen LogP contribution < -0.4 is 10.6 Å². The number of nitrogens with one attached hydrogen (secondary N) is 2. The van der Waals surface area contributed by atoms with E-state index in [0.717, 1.165) is 11.3 Å². The molecule has 1 heterocycles. The summed E-state index contributed by atoms with van der Waals surface area (Å²) in [5.74, 6) is -0.982. The lowest BCUT2D eigenvalue weighted by Gasteiger charge is -2.08. The van der Waals surface area contributed by atoms with Crippen LogP contribution in [-0.2, 0) is 16.1 Å². The molecule has 2 amide bonds. The zero-order valence-electron chi connectivity index (χ0n) is 14.6. The Bertz CT molecular complexity index is 908. The summed E-state index contributed by atoms with van der Waals surface area (Å²) in [6.07, 6.45) is 3.65. The number of halogens is 1. The first-order valence-corrected chi connectivity index (χ1v) is 8.51. The van der Waals surface area contributed by atoms with Crippen molar-refractivity contribution in [2.24, 2.45) is 0 Å². The zero-order valence-corrected chi connectivity index (χ0v) is 14.6. The summed E-state index contributed by atoms with van der Waals surface area (Å²) in [6, 6.07) is 15.1. The molecule has 6 nitrogen and oxygen atoms in total. The molecule has 0 atom stereocenters. The van der Waals surface area contributed by atoms with Gasteiger partial charge >= 0.3 is 0 Å². The Morgan fingerprint density at radius 3 is 2.48 bits per heavy atom. The second-order valence-electron chi connectivity index (χ2n) is 5.95. The highest BCUT2D eigenvalue weighted by molar-refractivity contribution is 5.93. The Hall–Kier alpha value is -3.48. The highest BCUT2D eigenvalue weighted by Crippen LogP contribution is 2.10. The van der Waals surface area contributed by atoms with Crippen LogP contribution in [0.2, 0.25) is 0 Å². The number of carbonyl (C=O) groups excluding carboxylic acids is 2. The van der Waals surface area contributed by atoms with Crippen LogP contribution in [0.25, 0.3) is 5.69 Å². The van der Waals surface area contributed by atoms with Gasteiger partial charge in [-0.1, -0.05) is 18.2 Å². The summed E-state index contributed by atoms with van der Waals surface area (Å²) >= 11 is 0. The van der Waals surface area contributed by atoms with Crippen LogP contribution >= 0.6 is 0 Å². The first kappa shape index (κ1) is 18.3. The first-order valence-electron chi connectivity index (χ1n) is 8.51. The van der Waals surface area contributed by atoms with E-state index in [0.29, 0.717) is 12.2 Å². The molecule has 0 aliphatic rings. The molecule has 0 radical (unpaired) electrons. The third-order valence-corrected chi connectivity index (χ3v) is 3.88. The number of benzene rings is 2. The predicted molar refractivity (Wildman–Crippen MR) is 99.7 cm³/mol. The Labute approximate surface area is 156 Å². The molecule has 2 N–H and O–H groups in total. The Morgan fingerprint density at radius 1 is 1.00 bits per heavy atom. The van der Waals surface area contributed by atoms with E-state index in [1.165, 1.54) is 18.2 Å². The fraction of sp³-hybridized carbons (Fsp3) is 0.150. The van der Waals surface area contributed by atoms with Gasteiger partial charge in [0, 0.05) is 37.5 Å². The van der Waals surface area contributed by atoms with Crippen LogP contribution in [0.4, 0.5) is 10.1 Å². The van der Waals surface area contributed by atoms with Gasteiger partial charge in [-0.05, 0) is 42.0 Å². The molecule has 3 aromatic rings. The predicted octanol–water partition coefficient (Wildman–Crippen LogP) is 3.05. The summed E-state index contributed by atoms with van der Waals surface area (Å²) in [5.41, 5.74) is 2.25. The quantitative estimate of drug-likeness (QED) is 0.675. The fourth-order valence-corrected chi connectivity index (χ4v) is 2.49. The monoisotopic (exact) mass is 366 g/mol. The van der Waals surface area contributed by atoms with Gasteiger partial charge in [0.1, 0.15) is 5.82 Å². The van der Waals surface area contributed by atoms with Gasteiger partial charge in [-0.2, -0.15) is 5.10 Å². The van der Waals surface area contributed by atoms with Crippen molar-refractivity contribution in [2.45, 2.75) is 19.4 Å². The topological polar surface area (TPSA) is 76.0 Å². The van der Waals surface area contributed by atoms with Crippen molar-refractivity contribution in [1.29, 1.82) is 0 Å². The third-order valence-electron chi connectivity index (χ3n) is 3.88. The fourth-order valence-electron chi connectivity index (χ4n) is 2.49. The standard InChI is InChI=1S/C20H19FN4O2/c21-16-3-1-4-17(13-16)24-20(27)10-9-19(26)22-14-15-5-7-18(8-6-15)25-12-2-11-23-25/h1-8,11-13H,9-10,14H2,(H,22,26)(H,24,27). The molecule has 0 unspecified atom stereocenters. The Kier molecular flexibility index (Phi) is 5.94. The second-order valence-corrected chi connectivity index (χ2v) is 5.95. The van der Waals surface area contributed by atoms with Gasteiger partial charge in [-0.25, -0.2) is 9.07 Å². The molecule has 2 aromatic carbocycles. The Balaban J connectivity index is 1.41. The number of carbonyl (C=O) groups is 2. The molecule has 0 spiro atoms. The number of anilines is 1. The maximum absolute atomic E-state index is 13.1. The van der Waals surface area contributed by atoms with Gasteiger partial charge in [-0.3, -0.25) is 9.59 Å². The van der Waals surface area contributed by atoms with Crippen molar-refractivity contribution in [2.75, 3.05) is 5.32 Å². The van der Waals surface area contributed by atoms with Crippen molar-refractivity contribution in [3.63, 3.8) is 0 Å². The highest BCUT2D eigenvalue weighted by atomic mass is 19.1. The van der Waals surface area contributed by atoms with Crippen LogP contribution in [0.3, 0.4) is 0 Å². The van der Waals surface area contributed by atoms with Crippen LogP contribution in [0.1, 0.15) is 18.4 Å². The van der Waals surface area contributed by atoms with Crippen molar-refractivity contribution < 1.29 is 14.0 Å². The average molecular weight is 366 g/mol. The normalized spacial score (nSPS) is 10.4. The minimum absolute atomic E-state index is 0.0284. The number of hydrogen-bond donors (Lipinski definition) is 2. The molecular formula is C20H19FN4O2. The molecule has 27 heavy (non-hydrogen) atoms. The number of aromatic nitrogens is 2. The van der Waals surface area contributed by atoms with Gasteiger partial charge in [0.25, 0.3) is 0 Å². The maximum Gasteiger partial charge on any atom is 0.224 e. The van der Waals surface area contributed by atoms with E-state index in [4.69, 9.17) is 0 Å². The van der Waals surface area contributed by atoms with Gasteiger partial charge < -0.3 is 10.6 Å². The van der Waals surface area contributed by atoms with Crippen molar-refractivity contribution >= 4 is 17.5 Å². The van der Waals surface area contributed by atoms with Crippen molar-refractivity contribution in [3.8, 4) is 5.69 Å². The van der Waals surface area contributed by atoms with E-state index < -0.39 is 5.82 Å². The van der Waals surface area contributed by atoms with E-state index in [1.54, 1.807) is 16.9 Å². The Morgan fingerprint density at radius 2 is 1.78 bits per heavy atom. The maximum atomic E-state index is 13.1. The molecule has 1 aromatic heterocycles. The van der Waals surface area contributed by atoms with E-state index in [9.17, 15) is 14.0 Å². The highest BCUT2D eigenvalue weighted by Gasteiger charge is 2.08. The molecular weight excluding hydrogens is 347 g/mol. The largest absolute Gasteiger partial charge is 0.352 e. The summed E-state index contributed by atoms with van der Waals surface area (Å²) in [5, 5.41) is 9.50. The third kappa shape index (κ3) is 5.50. The van der Waals surface area contributed by atoms with Gasteiger partial charge in [0.15, 0.2) is 0 Å². The van der Waals surface area contributed by atoms with E-state index in [-0.39, 0.29) is 24.7 Å². The number of rotatable bonds is 7. The molecule has 0 bridgehead atoms. The van der Waals surface area contributed by atoms with Crippen LogP contribution in [0.5, 0.6) is 0 Å². The van der Waals surface area contributed by atoms with Crippen LogP contribution in [0, 0.1) is 5.82 Å². The van der Waals surface area contributed by atoms with E-state index in [1.807, 2.05) is 36.5 Å². The average Bonchev–Trinajstić information content (AvgIpc) is 3.20. The summed E-state index contributed by atoms with van der Waals surface area (Å²) in [4.78, 5) is 23.7. The van der Waals surface area contributed by atoms with Crippen LogP contribution in [-0.4, -0.2) is 21.6 Å². The molecule has 7 heteroatoms. The lowest BCUT2D eigenvalue weighted by atomic mass is 10.2. The number of amides is 2. The molecule has 0 aliphatic carbocycles. The summed E-state index contributed by atoms with van der Waals surface area (Å²) in [7, 11) is 0. The minimum Gasteiger partial charge on any atom is -0.352 e. The van der Waals surface area contributed by atoms with Gasteiger partial charge in [-0.15, -0.1) is 0 Å². The molecule has 0 saturated carbocycles. The van der Waals surface area contributed by atoms with Gasteiger partial charge in [0.05, 0.1) is 5.69 Å². The van der Waals surface area contributed by atoms with Crippen LogP contribution in [0.15, 0.2) is 67.0 Å². The zero-order chi connectivity index (χ0) is 19.1. The van der Waals surface area contributed by atoms with Gasteiger partial charge in [0.2, 0.25) is 11.8 Å². The molecule has 138 valence electrons.